The van der Waals surface area contributed by atoms with Gasteiger partial charge in [-0.15, -0.1) is 0 Å². The van der Waals surface area contributed by atoms with E-state index in [2.05, 4.69) is 37.9 Å². The number of piperazine rings is 1. The number of nitrogens with zero attached hydrogens (tertiary/aromatic N) is 1. The number of rotatable bonds is 2. The summed E-state index contributed by atoms with van der Waals surface area (Å²) in [7, 11) is -0.549. The number of hydrogen-bond acceptors (Lipinski definition) is 3. The minimum atomic E-state index is -0.549. The summed E-state index contributed by atoms with van der Waals surface area (Å²) in [6.45, 7) is 11.4. The lowest BCUT2D eigenvalue weighted by Gasteiger charge is -2.50. The molecule has 2 fully saturated rings. The highest BCUT2D eigenvalue weighted by atomic mass is 32.2. The van der Waals surface area contributed by atoms with Crippen molar-refractivity contribution >= 4 is 10.8 Å². The molecule has 2 saturated heterocycles. The summed E-state index contributed by atoms with van der Waals surface area (Å²) < 4.78 is 11.5. The van der Waals surface area contributed by atoms with Crippen LogP contribution in [0.5, 0.6) is 0 Å². The van der Waals surface area contributed by atoms with Crippen molar-refractivity contribution in [2.45, 2.75) is 58.2 Å². The molecule has 106 valence electrons. The smallest absolute Gasteiger partial charge is 0.0253 e. The summed E-state index contributed by atoms with van der Waals surface area (Å²) in [5.74, 6) is 2.49. The van der Waals surface area contributed by atoms with Crippen LogP contribution in [0.15, 0.2) is 0 Å². The minimum Gasteiger partial charge on any atom is -0.309 e. The average Bonchev–Trinajstić information content (AvgIpc) is 2.28. The van der Waals surface area contributed by atoms with E-state index in [0.29, 0.717) is 18.0 Å². The van der Waals surface area contributed by atoms with Gasteiger partial charge in [0, 0.05) is 53.0 Å². The van der Waals surface area contributed by atoms with Crippen LogP contribution in [-0.4, -0.2) is 51.3 Å². The van der Waals surface area contributed by atoms with Crippen LogP contribution in [0.1, 0.15) is 40.5 Å². The molecule has 0 radical (unpaired) electrons. The van der Waals surface area contributed by atoms with E-state index in [1.54, 1.807) is 0 Å². The maximum absolute atomic E-state index is 11.5. The fraction of sp³-hybridized carbons (Fsp3) is 1.00. The first-order valence-corrected chi connectivity index (χ1v) is 8.73. The van der Waals surface area contributed by atoms with Crippen molar-refractivity contribution in [2.75, 3.05) is 24.6 Å². The van der Waals surface area contributed by atoms with Gasteiger partial charge in [-0.05, 0) is 32.6 Å². The Morgan fingerprint density at radius 1 is 1.28 bits per heavy atom. The zero-order valence-electron chi connectivity index (χ0n) is 12.2. The molecule has 0 aromatic carbocycles. The SMILES string of the molecule is CC(C)C1CNC(C)(C)CN1C1CCS(=O)CC1. The summed E-state index contributed by atoms with van der Waals surface area (Å²) in [6.07, 6.45) is 2.23. The van der Waals surface area contributed by atoms with Crippen molar-refractivity contribution < 1.29 is 4.21 Å². The summed E-state index contributed by atoms with van der Waals surface area (Å²) >= 11 is 0. The molecule has 0 bridgehead atoms. The van der Waals surface area contributed by atoms with Gasteiger partial charge in [0.05, 0.1) is 0 Å². The molecule has 0 spiro atoms. The van der Waals surface area contributed by atoms with Gasteiger partial charge in [-0.25, -0.2) is 0 Å². The molecule has 0 aromatic heterocycles. The molecule has 0 saturated carbocycles. The molecule has 3 nitrogen and oxygen atoms in total. The lowest BCUT2D eigenvalue weighted by atomic mass is 9.90. The molecule has 1 N–H and O–H groups in total. The van der Waals surface area contributed by atoms with E-state index >= 15 is 0 Å². The van der Waals surface area contributed by atoms with Gasteiger partial charge in [0.15, 0.2) is 0 Å². The number of hydrogen-bond donors (Lipinski definition) is 1. The van der Waals surface area contributed by atoms with Gasteiger partial charge in [0.2, 0.25) is 0 Å². The van der Waals surface area contributed by atoms with Gasteiger partial charge < -0.3 is 5.32 Å². The first-order valence-electron chi connectivity index (χ1n) is 7.25. The quantitative estimate of drug-likeness (QED) is 0.829. The van der Waals surface area contributed by atoms with Crippen molar-refractivity contribution in [1.29, 1.82) is 0 Å². The van der Waals surface area contributed by atoms with Crippen LogP contribution in [0.4, 0.5) is 0 Å². The average molecular weight is 272 g/mol. The van der Waals surface area contributed by atoms with Crippen molar-refractivity contribution in [2.24, 2.45) is 5.92 Å². The van der Waals surface area contributed by atoms with Crippen molar-refractivity contribution in [3.63, 3.8) is 0 Å². The Morgan fingerprint density at radius 2 is 1.89 bits per heavy atom. The van der Waals surface area contributed by atoms with Gasteiger partial charge >= 0.3 is 0 Å². The summed E-state index contributed by atoms with van der Waals surface area (Å²) in [5.41, 5.74) is 0.210. The van der Waals surface area contributed by atoms with E-state index in [-0.39, 0.29) is 5.54 Å². The highest BCUT2D eigenvalue weighted by molar-refractivity contribution is 7.85. The van der Waals surface area contributed by atoms with E-state index in [0.717, 1.165) is 37.4 Å². The number of nitrogens with one attached hydrogen (secondary N) is 1. The second-order valence-electron chi connectivity index (χ2n) is 6.83. The molecule has 2 heterocycles. The molecule has 0 aromatic rings. The third-order valence-electron chi connectivity index (χ3n) is 4.39. The Bertz CT molecular complexity index is 307. The van der Waals surface area contributed by atoms with Gasteiger partial charge in [0.25, 0.3) is 0 Å². The van der Waals surface area contributed by atoms with Gasteiger partial charge in [-0.1, -0.05) is 13.8 Å². The Hall–Kier alpha value is 0.0700. The highest BCUT2D eigenvalue weighted by Crippen LogP contribution is 2.27. The molecular weight excluding hydrogens is 244 g/mol. The second-order valence-corrected chi connectivity index (χ2v) is 8.52. The van der Waals surface area contributed by atoms with Gasteiger partial charge in [-0.2, -0.15) is 0 Å². The van der Waals surface area contributed by atoms with Crippen LogP contribution in [0, 0.1) is 5.92 Å². The minimum absolute atomic E-state index is 0.210. The van der Waals surface area contributed by atoms with E-state index in [4.69, 9.17) is 0 Å². The highest BCUT2D eigenvalue weighted by Gasteiger charge is 2.38. The predicted octanol–water partition coefficient (Wildman–Crippen LogP) is 1.61. The van der Waals surface area contributed by atoms with Crippen molar-refractivity contribution in [1.82, 2.24) is 10.2 Å². The van der Waals surface area contributed by atoms with Crippen LogP contribution in [-0.2, 0) is 10.8 Å². The van der Waals surface area contributed by atoms with E-state index < -0.39 is 10.8 Å². The molecule has 1 atom stereocenters. The first-order chi connectivity index (χ1) is 8.39. The lowest BCUT2D eigenvalue weighted by Crippen LogP contribution is -2.65. The molecule has 4 heteroatoms. The molecular formula is C14H28N2OS. The Morgan fingerprint density at radius 3 is 2.44 bits per heavy atom. The third-order valence-corrected chi connectivity index (χ3v) is 5.77. The molecule has 0 aliphatic carbocycles. The Labute approximate surface area is 114 Å². The van der Waals surface area contributed by atoms with Gasteiger partial charge in [-0.3, -0.25) is 9.11 Å². The van der Waals surface area contributed by atoms with Crippen LogP contribution < -0.4 is 5.32 Å². The molecule has 2 aliphatic heterocycles. The molecule has 0 amide bonds. The molecule has 18 heavy (non-hydrogen) atoms. The van der Waals surface area contributed by atoms with E-state index in [1.165, 1.54) is 0 Å². The zero-order chi connectivity index (χ0) is 13.3. The lowest BCUT2D eigenvalue weighted by molar-refractivity contribution is 0.0282. The predicted molar refractivity (Wildman–Crippen MR) is 78.3 cm³/mol. The normalized spacial score (nSPS) is 37.9. The maximum atomic E-state index is 11.5. The Balaban J connectivity index is 2.07. The maximum Gasteiger partial charge on any atom is 0.0253 e. The summed E-state index contributed by atoms with van der Waals surface area (Å²) in [4.78, 5) is 2.71. The van der Waals surface area contributed by atoms with Crippen molar-refractivity contribution in [3.8, 4) is 0 Å². The summed E-state index contributed by atoms with van der Waals surface area (Å²) in [6, 6.07) is 1.28. The van der Waals surface area contributed by atoms with Gasteiger partial charge in [0.1, 0.15) is 0 Å². The standard InChI is InChI=1S/C14H28N2OS/c1-11(2)13-9-15-14(3,4)10-16(13)12-5-7-18(17)8-6-12/h11-13,15H,5-10H2,1-4H3. The van der Waals surface area contributed by atoms with Crippen LogP contribution in [0.2, 0.25) is 0 Å². The zero-order valence-corrected chi connectivity index (χ0v) is 13.1. The van der Waals surface area contributed by atoms with Crippen LogP contribution in [0.25, 0.3) is 0 Å². The largest absolute Gasteiger partial charge is 0.309 e. The molecule has 1 unspecified atom stereocenters. The van der Waals surface area contributed by atoms with Crippen LogP contribution in [0.3, 0.4) is 0 Å². The Kier molecular flexibility index (Phi) is 4.50. The van der Waals surface area contributed by atoms with E-state index in [1.807, 2.05) is 0 Å². The third kappa shape index (κ3) is 3.34. The second kappa shape index (κ2) is 5.59. The van der Waals surface area contributed by atoms with E-state index in [9.17, 15) is 4.21 Å². The first kappa shape index (κ1) is 14.5. The fourth-order valence-corrected chi connectivity index (χ4v) is 4.53. The van der Waals surface area contributed by atoms with Crippen molar-refractivity contribution in [3.05, 3.63) is 0 Å². The monoisotopic (exact) mass is 272 g/mol. The molecule has 2 rings (SSSR count). The topological polar surface area (TPSA) is 32.3 Å². The van der Waals surface area contributed by atoms with Crippen LogP contribution >= 0.6 is 0 Å². The fourth-order valence-electron chi connectivity index (χ4n) is 3.26. The molecule has 2 aliphatic rings. The summed E-state index contributed by atoms with van der Waals surface area (Å²) in [5, 5.41) is 3.67.